The minimum atomic E-state index is -0.637. The Morgan fingerprint density at radius 3 is 2.57 bits per heavy atom. The lowest BCUT2D eigenvalue weighted by molar-refractivity contribution is -0.384. The van der Waals surface area contributed by atoms with Gasteiger partial charge >= 0.3 is 0 Å². The van der Waals surface area contributed by atoms with Crippen LogP contribution < -0.4 is 0 Å². The van der Waals surface area contributed by atoms with Crippen LogP contribution in [-0.2, 0) is 0 Å². The van der Waals surface area contributed by atoms with Gasteiger partial charge in [-0.1, -0.05) is 36.0 Å². The fourth-order valence-corrected chi connectivity index (χ4v) is 3.11. The van der Waals surface area contributed by atoms with Gasteiger partial charge in [-0.3, -0.25) is 14.9 Å². The number of hydrogen-bond donors (Lipinski definition) is 0. The van der Waals surface area contributed by atoms with E-state index in [9.17, 15) is 14.9 Å². The number of hydrogen-bond acceptors (Lipinski definition) is 3. The standard InChI is InChI=1S/C14H16Cl2N2O3/c1-17(8-9-4-2-3-5-9)14(19)10-6-11(15)13(16)12(7-10)18(20)21/h6-7,9H,2-5,8H2,1H3. The first-order chi connectivity index (χ1) is 9.90. The molecule has 0 N–H and O–H groups in total. The lowest BCUT2D eigenvalue weighted by Crippen LogP contribution is -2.31. The summed E-state index contributed by atoms with van der Waals surface area (Å²) in [6, 6.07) is 2.56. The number of benzene rings is 1. The zero-order chi connectivity index (χ0) is 15.6. The molecule has 5 nitrogen and oxygen atoms in total. The molecule has 0 unspecified atom stereocenters. The molecule has 114 valence electrons. The highest BCUT2D eigenvalue weighted by Gasteiger charge is 2.24. The first-order valence-corrected chi connectivity index (χ1v) is 7.54. The monoisotopic (exact) mass is 330 g/mol. The van der Waals surface area contributed by atoms with Crippen molar-refractivity contribution >= 4 is 34.8 Å². The second kappa shape index (κ2) is 6.62. The van der Waals surface area contributed by atoms with E-state index in [1.54, 1.807) is 11.9 Å². The second-order valence-electron chi connectivity index (χ2n) is 5.38. The Labute approximate surface area is 133 Å². The Morgan fingerprint density at radius 2 is 2.00 bits per heavy atom. The third-order valence-electron chi connectivity index (χ3n) is 3.81. The molecule has 0 bridgehead atoms. The topological polar surface area (TPSA) is 63.5 Å². The smallest absolute Gasteiger partial charge is 0.290 e. The van der Waals surface area contributed by atoms with E-state index >= 15 is 0 Å². The number of nitrogens with zero attached hydrogens (tertiary/aromatic N) is 2. The lowest BCUT2D eigenvalue weighted by Gasteiger charge is -2.21. The summed E-state index contributed by atoms with van der Waals surface area (Å²) in [5.74, 6) is 0.236. The van der Waals surface area contributed by atoms with Crippen molar-refractivity contribution in [2.75, 3.05) is 13.6 Å². The van der Waals surface area contributed by atoms with Gasteiger partial charge in [-0.05, 0) is 24.8 Å². The molecular formula is C14H16Cl2N2O3. The zero-order valence-corrected chi connectivity index (χ0v) is 13.2. The second-order valence-corrected chi connectivity index (χ2v) is 6.17. The molecule has 0 atom stereocenters. The molecule has 0 heterocycles. The third-order valence-corrected chi connectivity index (χ3v) is 4.60. The summed E-state index contributed by atoms with van der Waals surface area (Å²) in [6.45, 7) is 0.660. The summed E-state index contributed by atoms with van der Waals surface area (Å²) in [5.41, 5.74) is -0.154. The van der Waals surface area contributed by atoms with Crippen LogP contribution in [0.25, 0.3) is 0 Å². The molecular weight excluding hydrogens is 315 g/mol. The number of amides is 1. The summed E-state index contributed by atoms with van der Waals surface area (Å²) < 4.78 is 0. The van der Waals surface area contributed by atoms with E-state index in [1.807, 2.05) is 0 Å². The van der Waals surface area contributed by atoms with Crippen LogP contribution in [0.3, 0.4) is 0 Å². The van der Waals surface area contributed by atoms with E-state index in [4.69, 9.17) is 23.2 Å². The molecule has 21 heavy (non-hydrogen) atoms. The number of carbonyl (C=O) groups is 1. The van der Waals surface area contributed by atoms with Crippen LogP contribution in [-0.4, -0.2) is 29.3 Å². The van der Waals surface area contributed by atoms with Crippen LogP contribution in [0.15, 0.2) is 12.1 Å². The minimum Gasteiger partial charge on any atom is -0.341 e. The fourth-order valence-electron chi connectivity index (χ4n) is 2.71. The molecule has 0 aromatic heterocycles. The van der Waals surface area contributed by atoms with Gasteiger partial charge in [0, 0.05) is 25.2 Å². The van der Waals surface area contributed by atoms with Crippen LogP contribution in [0.2, 0.25) is 10.0 Å². The molecule has 2 rings (SSSR count). The number of nitro benzene ring substituents is 1. The van der Waals surface area contributed by atoms with Crippen molar-refractivity contribution in [2.45, 2.75) is 25.7 Å². The first kappa shape index (κ1) is 16.0. The average molecular weight is 331 g/mol. The van der Waals surface area contributed by atoms with Crippen LogP contribution >= 0.6 is 23.2 Å². The van der Waals surface area contributed by atoms with Crippen molar-refractivity contribution in [1.29, 1.82) is 0 Å². The highest BCUT2D eigenvalue weighted by atomic mass is 35.5. The summed E-state index contributed by atoms with van der Waals surface area (Å²) in [4.78, 5) is 24.3. The lowest BCUT2D eigenvalue weighted by atomic mass is 10.1. The van der Waals surface area contributed by atoms with E-state index in [-0.39, 0.29) is 27.2 Å². The van der Waals surface area contributed by atoms with Crippen molar-refractivity contribution < 1.29 is 9.72 Å². The van der Waals surface area contributed by atoms with Gasteiger partial charge in [-0.2, -0.15) is 0 Å². The molecule has 0 radical (unpaired) electrons. The Hall–Kier alpha value is -1.33. The van der Waals surface area contributed by atoms with Gasteiger partial charge in [0.25, 0.3) is 11.6 Å². The number of halogens is 2. The number of nitro groups is 1. The van der Waals surface area contributed by atoms with Crippen LogP contribution in [0.1, 0.15) is 36.0 Å². The Balaban J connectivity index is 2.20. The normalized spacial score (nSPS) is 15.2. The Morgan fingerprint density at radius 1 is 1.38 bits per heavy atom. The van der Waals surface area contributed by atoms with E-state index in [0.29, 0.717) is 12.5 Å². The summed E-state index contributed by atoms with van der Waals surface area (Å²) in [7, 11) is 1.70. The van der Waals surface area contributed by atoms with E-state index in [1.165, 1.54) is 25.0 Å². The molecule has 1 aromatic carbocycles. The molecule has 0 saturated heterocycles. The molecule has 1 fully saturated rings. The van der Waals surface area contributed by atoms with Gasteiger partial charge in [0.1, 0.15) is 5.02 Å². The molecule has 1 aromatic rings. The van der Waals surface area contributed by atoms with Crippen molar-refractivity contribution in [3.63, 3.8) is 0 Å². The zero-order valence-electron chi connectivity index (χ0n) is 11.6. The summed E-state index contributed by atoms with van der Waals surface area (Å²) >= 11 is 11.7. The number of carbonyl (C=O) groups excluding carboxylic acids is 1. The molecule has 1 aliphatic rings. The van der Waals surface area contributed by atoms with E-state index < -0.39 is 4.92 Å². The highest BCUT2D eigenvalue weighted by molar-refractivity contribution is 6.43. The van der Waals surface area contributed by atoms with Gasteiger partial charge in [-0.15, -0.1) is 0 Å². The quantitative estimate of drug-likeness (QED) is 0.614. The van der Waals surface area contributed by atoms with Crippen molar-refractivity contribution in [3.8, 4) is 0 Å². The van der Waals surface area contributed by atoms with Gasteiger partial charge in [0.05, 0.1) is 9.95 Å². The van der Waals surface area contributed by atoms with Crippen LogP contribution in [0, 0.1) is 16.0 Å². The van der Waals surface area contributed by atoms with Gasteiger partial charge in [0.15, 0.2) is 0 Å². The predicted octanol–water partition coefficient (Wildman–Crippen LogP) is 4.16. The summed E-state index contributed by atoms with van der Waals surface area (Å²) in [6.07, 6.45) is 4.65. The maximum Gasteiger partial charge on any atom is 0.290 e. The Bertz CT molecular complexity index is 572. The maximum atomic E-state index is 12.4. The SMILES string of the molecule is CN(CC1CCCC1)C(=O)c1cc(Cl)c(Cl)c([N+](=O)[O-])c1. The minimum absolute atomic E-state index is 0.0171. The van der Waals surface area contributed by atoms with Crippen LogP contribution in [0.5, 0.6) is 0 Å². The first-order valence-electron chi connectivity index (χ1n) is 6.79. The van der Waals surface area contributed by atoms with Gasteiger partial charge in [0.2, 0.25) is 0 Å². The largest absolute Gasteiger partial charge is 0.341 e. The average Bonchev–Trinajstić information content (AvgIpc) is 2.93. The maximum absolute atomic E-state index is 12.4. The molecule has 0 spiro atoms. The Kier molecular flexibility index (Phi) is 5.06. The van der Waals surface area contributed by atoms with Crippen molar-refractivity contribution in [1.82, 2.24) is 4.90 Å². The van der Waals surface area contributed by atoms with Crippen LogP contribution in [0.4, 0.5) is 5.69 Å². The molecule has 1 aliphatic carbocycles. The predicted molar refractivity (Wildman–Crippen MR) is 82.0 cm³/mol. The fraction of sp³-hybridized carbons (Fsp3) is 0.500. The van der Waals surface area contributed by atoms with Crippen molar-refractivity contribution in [3.05, 3.63) is 37.9 Å². The van der Waals surface area contributed by atoms with Crippen molar-refractivity contribution in [2.24, 2.45) is 5.92 Å². The molecule has 0 aliphatic heterocycles. The summed E-state index contributed by atoms with van der Waals surface area (Å²) in [5, 5.41) is 10.8. The molecule has 7 heteroatoms. The molecule has 1 amide bonds. The van der Waals surface area contributed by atoms with E-state index in [2.05, 4.69) is 0 Å². The third kappa shape index (κ3) is 3.66. The van der Waals surface area contributed by atoms with E-state index in [0.717, 1.165) is 12.8 Å². The molecule has 1 saturated carbocycles. The van der Waals surface area contributed by atoms with Gasteiger partial charge < -0.3 is 4.90 Å². The van der Waals surface area contributed by atoms with Gasteiger partial charge in [-0.25, -0.2) is 0 Å². The number of rotatable bonds is 4. The highest BCUT2D eigenvalue weighted by Crippen LogP contribution is 2.33.